The zero-order valence-corrected chi connectivity index (χ0v) is 79.3. The summed E-state index contributed by atoms with van der Waals surface area (Å²) in [6.07, 6.45) is 14.9. The van der Waals surface area contributed by atoms with Gasteiger partial charge in [-0.15, -0.1) is 6.42 Å². The summed E-state index contributed by atoms with van der Waals surface area (Å²) in [5, 5.41) is 6.70. The molecule has 4 amide bonds. The summed E-state index contributed by atoms with van der Waals surface area (Å²) < 4.78 is 64.6. The first-order chi connectivity index (χ1) is 63.8. The monoisotopic (exact) mass is 1860 g/mol. The van der Waals surface area contributed by atoms with Crippen LogP contribution in [0.25, 0.3) is 67.2 Å². The summed E-state index contributed by atoms with van der Waals surface area (Å²) in [6.45, 7) is 48.7. The molecule has 33 heteroatoms. The number of halogens is 6. The highest BCUT2D eigenvalue weighted by Gasteiger charge is 2.42. The standard InChI is InChI=1S/C34H37ClFN7O.C34H35F2N7O2.C33H35ClFN7O3/c1-8-28(44)41-16-20(5)42(17-19(41)4)33-25-15-26(35)30(24-11-9-10-12-27(24)36)40-34(25)43(22(7)38-33)31-21(6)37-32(23-13-14-23)39-29(31)18(2)3;1-8-14-37-26-12-10-11-24(35)28(26)30-25(36)16-23-32(42-18-21(6)41(17-22(42)7)27(44)9-2)40-34(45)43(33(23)39-30)31-20(5)13-15-38-29(31)19(3)4;1-8-26(44)40-15-20(6)41(16-19(40)5)31-23-14-24(34)28(22-10-9-11-25(35)29(22)37-21(7)43)38-32(23)42(33(45)39-31)30-18(4)12-13-36-27(30)17(2)3/h8-12,15,18-20,23H,1,7,13-14,16-17H2,2-6H3;1,9-13,15-16,19,21-22,37H,2,14,17-18H2,3-7H3;8-14,17,19-20H,1,15-16H2,2-7H3,(H,37,43). The molecule has 12 heterocycles. The van der Waals surface area contributed by atoms with E-state index in [9.17, 15) is 28.8 Å². The van der Waals surface area contributed by atoms with Gasteiger partial charge >= 0.3 is 11.4 Å². The molecule has 2 N–H and O–H groups in total. The minimum Gasteiger partial charge on any atom is -0.374 e. The Morgan fingerprint density at radius 2 is 0.993 bits per heavy atom. The third kappa shape index (κ3) is 18.7. The summed E-state index contributed by atoms with van der Waals surface area (Å²) >= 11 is 13.8. The quantitative estimate of drug-likeness (QED) is 0.0458. The maximum Gasteiger partial charge on any atom is 0.355 e. The average molecular weight is 1860 g/mol. The topological polar surface area (TPSA) is 287 Å². The van der Waals surface area contributed by atoms with Gasteiger partial charge in [0, 0.05) is 118 Å². The van der Waals surface area contributed by atoms with Gasteiger partial charge in [0.05, 0.1) is 95.4 Å². The van der Waals surface area contributed by atoms with Gasteiger partial charge in [0.25, 0.3) is 0 Å². The molecule has 3 saturated heterocycles. The number of amidine groups is 1. The predicted molar refractivity (Wildman–Crippen MR) is 520 cm³/mol. The van der Waals surface area contributed by atoms with Gasteiger partial charge in [0.1, 0.15) is 52.3 Å². The van der Waals surface area contributed by atoms with Crippen molar-refractivity contribution in [1.82, 2.24) is 73.6 Å². The Labute approximate surface area is 785 Å². The fourth-order valence-electron chi connectivity index (χ4n) is 17.9. The van der Waals surface area contributed by atoms with Crippen molar-refractivity contribution < 1.29 is 36.7 Å². The number of pyridine rings is 5. The lowest BCUT2D eigenvalue weighted by molar-refractivity contribution is -0.131. The Balaban J connectivity index is 0.000000161. The van der Waals surface area contributed by atoms with Crippen molar-refractivity contribution in [3.63, 3.8) is 0 Å². The molecule has 1 aliphatic carbocycles. The van der Waals surface area contributed by atoms with Crippen LogP contribution in [0.1, 0.15) is 172 Å². The van der Waals surface area contributed by atoms with E-state index in [-0.39, 0.29) is 140 Å². The second-order valence-corrected chi connectivity index (χ2v) is 36.2. The first kappa shape index (κ1) is 96.2. The second kappa shape index (κ2) is 39.5. The third-order valence-electron chi connectivity index (χ3n) is 24.6. The fraction of sp³-hybridized carbons (Fsp3) is 0.347. The molecule has 11 aromatic rings. The van der Waals surface area contributed by atoms with E-state index in [4.69, 9.17) is 59.5 Å². The lowest BCUT2D eigenvalue weighted by atomic mass is 10.0. The number of fused-ring (bicyclic) bond motifs is 3. The minimum atomic E-state index is -0.808. The van der Waals surface area contributed by atoms with Crippen LogP contribution >= 0.6 is 23.2 Å². The number of nitrogens with zero attached hydrogens (tertiary/aromatic N) is 19. The number of hydrogen-bond donors (Lipinski definition) is 2. The molecule has 0 spiro atoms. The molecule has 8 aromatic heterocycles. The Hall–Kier alpha value is -13.9. The molecule has 3 aromatic carbocycles. The number of anilines is 6. The van der Waals surface area contributed by atoms with Crippen LogP contribution in [0, 0.1) is 56.4 Å². The second-order valence-electron chi connectivity index (χ2n) is 35.4. The number of aliphatic imine (C=N–C) groups is 1. The van der Waals surface area contributed by atoms with Crippen molar-refractivity contribution >= 4 is 109 Å². The largest absolute Gasteiger partial charge is 0.374 e. The first-order valence-corrected chi connectivity index (χ1v) is 45.3. The van der Waals surface area contributed by atoms with Crippen LogP contribution in [0.3, 0.4) is 0 Å². The number of terminal acetylenes is 1. The number of carbonyl (C=O) groups is 4. The smallest absolute Gasteiger partial charge is 0.355 e. The van der Waals surface area contributed by atoms with E-state index < -0.39 is 40.6 Å². The Morgan fingerprint density at radius 1 is 0.522 bits per heavy atom. The normalized spacial score (nSPS) is 17.8. The van der Waals surface area contributed by atoms with E-state index >= 15 is 17.6 Å². The molecule has 0 radical (unpaired) electrons. The molecule has 1 saturated carbocycles. The summed E-state index contributed by atoms with van der Waals surface area (Å²) in [5.41, 5.74) is 6.92. The number of rotatable bonds is 18. The fourth-order valence-corrected chi connectivity index (χ4v) is 18.4. The average Bonchev–Trinajstić information content (AvgIpc) is 0.898. The van der Waals surface area contributed by atoms with Crippen molar-refractivity contribution in [3.05, 3.63) is 253 Å². The molecule has 16 rings (SSSR count). The molecular formula is C101H107Cl2F4N21O6. The number of piperazine rings is 3. The van der Waals surface area contributed by atoms with Gasteiger partial charge in [0.15, 0.2) is 22.9 Å². The molecule has 5 aliphatic rings. The van der Waals surface area contributed by atoms with Crippen LogP contribution in [-0.4, -0.2) is 185 Å². The summed E-state index contributed by atoms with van der Waals surface area (Å²) in [7, 11) is 0. The summed E-state index contributed by atoms with van der Waals surface area (Å²) in [5.74, 6) is 2.34. The number of benzene rings is 3. The first-order valence-electron chi connectivity index (χ1n) is 44.5. The molecule has 694 valence electrons. The number of aryl methyl sites for hydroxylation is 3. The Morgan fingerprint density at radius 3 is 1.50 bits per heavy atom. The van der Waals surface area contributed by atoms with Gasteiger partial charge in [-0.05, 0) is 183 Å². The number of para-hydroxylation sites is 1. The van der Waals surface area contributed by atoms with Crippen LogP contribution in [0.4, 0.5) is 52.1 Å². The number of hydrogen-bond acceptors (Lipinski definition) is 21. The van der Waals surface area contributed by atoms with E-state index in [0.717, 1.165) is 46.9 Å². The molecule has 134 heavy (non-hydrogen) atoms. The van der Waals surface area contributed by atoms with E-state index in [1.165, 1.54) is 70.7 Å². The number of amides is 4. The molecule has 27 nitrogen and oxygen atoms in total. The Kier molecular flexibility index (Phi) is 28.4. The molecule has 6 atom stereocenters. The number of aromatic nitrogens is 11. The zero-order chi connectivity index (χ0) is 96.8. The molecule has 0 bridgehead atoms. The molecule has 6 unspecified atom stereocenters. The summed E-state index contributed by atoms with van der Waals surface area (Å²) in [4.78, 5) is 139. The highest BCUT2D eigenvalue weighted by molar-refractivity contribution is 6.34. The maximum atomic E-state index is 16.2. The van der Waals surface area contributed by atoms with Gasteiger partial charge in [-0.25, -0.2) is 66.2 Å². The van der Waals surface area contributed by atoms with Crippen LogP contribution in [-0.2, 0) is 19.2 Å². The third-order valence-corrected chi connectivity index (χ3v) is 25.2. The van der Waals surface area contributed by atoms with E-state index in [2.05, 4.69) is 88.5 Å². The molecule has 4 fully saturated rings. The summed E-state index contributed by atoms with van der Waals surface area (Å²) in [6, 6.07) is 22.3. The molecule has 4 aliphatic heterocycles. The van der Waals surface area contributed by atoms with E-state index in [0.29, 0.717) is 118 Å². The van der Waals surface area contributed by atoms with Crippen LogP contribution < -0.4 is 36.7 Å². The minimum absolute atomic E-state index is 0.0424. The van der Waals surface area contributed by atoms with Gasteiger partial charge in [-0.1, -0.05) is 127 Å². The van der Waals surface area contributed by atoms with Gasteiger partial charge < -0.3 is 40.0 Å². The molecular weight excluding hydrogens is 1750 g/mol. The SMILES string of the molecule is C#CCNc1cccc(F)c1-c1nc2c(cc1F)c(N1CC(C)N(C(=O)C=C)CC1C)nc(=O)n2-c1c(C)ccnc1C(C)C.C=CC(=O)N1CC(C)N(C2=NC(=C)N(c3c(C)nc(C4CC4)nc3C(C)C)c3nc(-c4ccccc4F)c(Cl)cc32)CC1C.C=CC(=O)N1CC(C)N(c2nc(=O)n(-c3c(C)ccnc3C(C)C)c3nc(-c4cccc(F)c4NC(C)=O)c(Cl)cc23)CC1C. The van der Waals surface area contributed by atoms with E-state index in [1.807, 2.05) is 115 Å². The van der Waals surface area contributed by atoms with Crippen molar-refractivity contribution in [2.45, 2.75) is 184 Å². The number of carbonyl (C=O) groups excluding carboxylic acids is 4. The van der Waals surface area contributed by atoms with Crippen molar-refractivity contribution in [3.8, 4) is 57.5 Å². The lowest BCUT2D eigenvalue weighted by Gasteiger charge is -2.46. The van der Waals surface area contributed by atoms with Gasteiger partial charge in [0.2, 0.25) is 23.6 Å². The number of nitrogens with one attached hydrogen (secondary N) is 2. The Bertz CT molecular complexity index is 6810. The maximum absolute atomic E-state index is 16.2. The van der Waals surface area contributed by atoms with Gasteiger partial charge in [-0.2, -0.15) is 9.97 Å². The van der Waals surface area contributed by atoms with Crippen LogP contribution in [0.2, 0.25) is 10.0 Å². The highest BCUT2D eigenvalue weighted by atomic mass is 35.5. The van der Waals surface area contributed by atoms with Crippen molar-refractivity contribution in [2.75, 3.05) is 71.1 Å². The van der Waals surface area contributed by atoms with Crippen LogP contribution in [0.15, 0.2) is 168 Å². The highest BCUT2D eigenvalue weighted by Crippen LogP contribution is 2.48. The lowest BCUT2D eigenvalue weighted by Crippen LogP contribution is -2.59. The van der Waals surface area contributed by atoms with Crippen molar-refractivity contribution in [2.24, 2.45) is 4.99 Å². The predicted octanol–water partition coefficient (Wildman–Crippen LogP) is 18.0. The van der Waals surface area contributed by atoms with Gasteiger partial charge in [-0.3, -0.25) is 34.0 Å². The van der Waals surface area contributed by atoms with Crippen LogP contribution in [0.5, 0.6) is 0 Å². The van der Waals surface area contributed by atoms with E-state index in [1.54, 1.807) is 64.7 Å². The zero-order valence-electron chi connectivity index (χ0n) is 77.8. The van der Waals surface area contributed by atoms with Crippen molar-refractivity contribution in [1.29, 1.82) is 0 Å².